The first-order valence-corrected chi connectivity index (χ1v) is 6.05. The molecule has 0 saturated carbocycles. The van der Waals surface area contributed by atoms with Crippen molar-refractivity contribution >= 4 is 9.68 Å². The predicted octanol–water partition coefficient (Wildman–Crippen LogP) is 1.63. The van der Waals surface area contributed by atoms with E-state index in [1.165, 1.54) is 31.7 Å². The summed E-state index contributed by atoms with van der Waals surface area (Å²) in [6, 6.07) is 1.51. The van der Waals surface area contributed by atoms with Crippen LogP contribution in [0.15, 0.2) is 0 Å². The van der Waals surface area contributed by atoms with Gasteiger partial charge < -0.3 is 4.57 Å². The van der Waals surface area contributed by atoms with Crippen molar-refractivity contribution in [3.05, 3.63) is 0 Å². The van der Waals surface area contributed by atoms with Crippen LogP contribution in [0, 0.1) is 0 Å². The Morgan fingerprint density at radius 1 is 1.10 bits per heavy atom. The summed E-state index contributed by atoms with van der Waals surface area (Å²) < 4.78 is 2.39. The van der Waals surface area contributed by atoms with Gasteiger partial charge in [0.2, 0.25) is 0 Å². The molecule has 0 heterocycles. The quantitative estimate of drug-likeness (QED) is 0.420. The van der Waals surface area contributed by atoms with Crippen LogP contribution in [0.4, 0.5) is 0 Å². The zero-order valence-corrected chi connectivity index (χ0v) is 9.10. The van der Waals surface area contributed by atoms with E-state index < -0.39 is 0 Å². The second-order valence-corrected chi connectivity index (χ2v) is 5.64. The van der Waals surface area contributed by atoms with Gasteiger partial charge in [-0.1, -0.05) is 32.6 Å². The average molecular weight is 159 g/mol. The molecule has 0 aromatic carbocycles. The van der Waals surface area contributed by atoms with Crippen molar-refractivity contribution in [1.82, 2.24) is 4.57 Å². The summed E-state index contributed by atoms with van der Waals surface area (Å²) in [5.41, 5.74) is 0. The molecular formula is C8H21NSi. The van der Waals surface area contributed by atoms with Gasteiger partial charge in [-0.3, -0.25) is 0 Å². The lowest BCUT2D eigenvalue weighted by Crippen LogP contribution is -2.16. The summed E-state index contributed by atoms with van der Waals surface area (Å²) in [7, 11) is 4.55. The van der Waals surface area contributed by atoms with Crippen molar-refractivity contribution in [3.63, 3.8) is 0 Å². The Morgan fingerprint density at radius 2 is 1.80 bits per heavy atom. The fraction of sp³-hybridized carbons (Fsp3) is 1.00. The van der Waals surface area contributed by atoms with E-state index in [-0.39, 0.29) is 9.68 Å². The van der Waals surface area contributed by atoms with Crippen LogP contribution in [-0.2, 0) is 0 Å². The third-order valence-corrected chi connectivity index (χ3v) is 3.42. The molecule has 0 saturated heterocycles. The first kappa shape index (κ1) is 10.2. The van der Waals surface area contributed by atoms with Crippen molar-refractivity contribution in [1.29, 1.82) is 0 Å². The molecule has 0 aliphatic rings. The first-order valence-electron chi connectivity index (χ1n) is 4.42. The molecule has 0 atom stereocenters. The minimum Gasteiger partial charge on any atom is -0.334 e. The van der Waals surface area contributed by atoms with Crippen molar-refractivity contribution in [2.24, 2.45) is 0 Å². The summed E-state index contributed by atoms with van der Waals surface area (Å²) >= 11 is 0. The molecule has 0 amide bonds. The molecule has 2 heteroatoms. The van der Waals surface area contributed by atoms with Crippen molar-refractivity contribution in [2.45, 2.75) is 38.7 Å². The van der Waals surface area contributed by atoms with E-state index in [4.69, 9.17) is 0 Å². The lowest BCUT2D eigenvalue weighted by Gasteiger charge is -2.07. The van der Waals surface area contributed by atoms with Crippen LogP contribution in [0.25, 0.3) is 0 Å². The Labute approximate surface area is 67.7 Å². The van der Waals surface area contributed by atoms with Crippen molar-refractivity contribution in [3.8, 4) is 0 Å². The van der Waals surface area contributed by atoms with Gasteiger partial charge in [-0.2, -0.15) is 0 Å². The van der Waals surface area contributed by atoms with Crippen molar-refractivity contribution in [2.75, 3.05) is 14.1 Å². The molecule has 0 bridgehead atoms. The molecule has 0 aromatic rings. The van der Waals surface area contributed by atoms with Gasteiger partial charge in [-0.05, 0) is 20.1 Å². The van der Waals surface area contributed by atoms with Crippen LogP contribution < -0.4 is 0 Å². The van der Waals surface area contributed by atoms with Gasteiger partial charge in [0.15, 0.2) is 0 Å². The SMILES string of the molecule is CCCCCC[SiH2]N(C)C. The van der Waals surface area contributed by atoms with Gasteiger partial charge in [-0.25, -0.2) is 0 Å². The minimum absolute atomic E-state index is 0.151. The topological polar surface area (TPSA) is 3.24 Å². The van der Waals surface area contributed by atoms with Crippen LogP contribution >= 0.6 is 0 Å². The minimum atomic E-state index is 0.151. The molecule has 0 fully saturated rings. The maximum Gasteiger partial charge on any atom is 0.0943 e. The number of nitrogens with zero attached hydrogens (tertiary/aromatic N) is 1. The Bertz CT molecular complexity index is 64.3. The largest absolute Gasteiger partial charge is 0.334 e. The molecule has 0 radical (unpaired) electrons. The Kier molecular flexibility index (Phi) is 7.41. The molecule has 0 spiro atoms. The third kappa shape index (κ3) is 8.18. The molecule has 0 aliphatic heterocycles. The summed E-state index contributed by atoms with van der Waals surface area (Å²) in [6.45, 7) is 2.27. The van der Waals surface area contributed by atoms with E-state index in [1.807, 2.05) is 0 Å². The van der Waals surface area contributed by atoms with E-state index >= 15 is 0 Å². The van der Waals surface area contributed by atoms with Gasteiger partial charge in [0.25, 0.3) is 0 Å². The maximum atomic E-state index is 2.39. The maximum absolute atomic E-state index is 2.39. The predicted molar refractivity (Wildman–Crippen MR) is 51.2 cm³/mol. The summed E-state index contributed by atoms with van der Waals surface area (Å²) in [5, 5.41) is 0. The molecule has 62 valence electrons. The summed E-state index contributed by atoms with van der Waals surface area (Å²) in [4.78, 5) is 0. The fourth-order valence-corrected chi connectivity index (χ4v) is 2.24. The first-order chi connectivity index (χ1) is 4.77. The molecular weight excluding hydrogens is 138 g/mol. The van der Waals surface area contributed by atoms with Crippen LogP contribution in [-0.4, -0.2) is 28.3 Å². The lowest BCUT2D eigenvalue weighted by molar-refractivity contribution is 0.639. The van der Waals surface area contributed by atoms with Crippen LogP contribution in [0.5, 0.6) is 0 Å². The summed E-state index contributed by atoms with van der Waals surface area (Å²) in [6.07, 6.45) is 5.72. The normalized spacial score (nSPS) is 12.0. The van der Waals surface area contributed by atoms with Gasteiger partial charge in [-0.15, -0.1) is 0 Å². The van der Waals surface area contributed by atoms with E-state index in [0.717, 1.165) is 0 Å². The molecule has 0 aliphatic carbocycles. The molecule has 0 unspecified atom stereocenters. The lowest BCUT2D eigenvalue weighted by atomic mass is 10.2. The molecule has 0 rings (SSSR count). The van der Waals surface area contributed by atoms with E-state index in [2.05, 4.69) is 25.6 Å². The van der Waals surface area contributed by atoms with Crippen LogP contribution in [0.2, 0.25) is 6.04 Å². The second-order valence-electron chi connectivity index (χ2n) is 3.22. The second kappa shape index (κ2) is 7.29. The number of unbranched alkanes of at least 4 members (excludes halogenated alkanes) is 3. The van der Waals surface area contributed by atoms with E-state index in [9.17, 15) is 0 Å². The Hall–Kier alpha value is 0.177. The Morgan fingerprint density at radius 3 is 2.30 bits per heavy atom. The number of hydrogen-bond donors (Lipinski definition) is 0. The third-order valence-electron chi connectivity index (χ3n) is 1.71. The number of hydrogen-bond acceptors (Lipinski definition) is 1. The summed E-state index contributed by atoms with van der Waals surface area (Å²) in [5.74, 6) is 0. The van der Waals surface area contributed by atoms with Gasteiger partial charge in [0.1, 0.15) is 0 Å². The van der Waals surface area contributed by atoms with E-state index in [0.29, 0.717) is 0 Å². The Balaban J connectivity index is 2.77. The number of rotatable bonds is 6. The fourth-order valence-electron chi connectivity index (χ4n) is 1.03. The highest BCUT2D eigenvalue weighted by atomic mass is 28.2. The smallest absolute Gasteiger partial charge is 0.0943 e. The van der Waals surface area contributed by atoms with Gasteiger partial charge in [0, 0.05) is 0 Å². The highest BCUT2D eigenvalue weighted by Crippen LogP contribution is 2.01. The molecule has 1 nitrogen and oxygen atoms in total. The highest BCUT2D eigenvalue weighted by Gasteiger charge is 1.91. The van der Waals surface area contributed by atoms with Crippen LogP contribution in [0.1, 0.15) is 32.6 Å². The van der Waals surface area contributed by atoms with Gasteiger partial charge >= 0.3 is 0 Å². The zero-order valence-electron chi connectivity index (χ0n) is 7.69. The zero-order chi connectivity index (χ0) is 7.82. The van der Waals surface area contributed by atoms with Crippen molar-refractivity contribution < 1.29 is 0 Å². The van der Waals surface area contributed by atoms with Gasteiger partial charge in [0.05, 0.1) is 9.68 Å². The monoisotopic (exact) mass is 159 g/mol. The average Bonchev–Trinajstić information content (AvgIpc) is 1.87. The molecule has 10 heavy (non-hydrogen) atoms. The van der Waals surface area contributed by atoms with E-state index in [1.54, 1.807) is 0 Å². The molecule has 0 aromatic heterocycles. The standard InChI is InChI=1S/C8H21NSi/c1-4-5-6-7-8-10-9(2)3/h4-8,10H2,1-3H3. The highest BCUT2D eigenvalue weighted by molar-refractivity contribution is 6.31. The van der Waals surface area contributed by atoms with Crippen LogP contribution in [0.3, 0.4) is 0 Å². The molecule has 0 N–H and O–H groups in total.